The zero-order valence-electron chi connectivity index (χ0n) is 8.88. The van der Waals surface area contributed by atoms with Gasteiger partial charge in [0.25, 0.3) is 0 Å². The molecule has 2 unspecified atom stereocenters. The predicted octanol–water partition coefficient (Wildman–Crippen LogP) is 0.637. The van der Waals surface area contributed by atoms with Crippen LogP contribution in [0.4, 0.5) is 8.78 Å². The number of carbonyl (C=O) groups is 1. The van der Waals surface area contributed by atoms with Gasteiger partial charge in [0.15, 0.2) is 0 Å². The molecule has 0 aliphatic rings. The van der Waals surface area contributed by atoms with E-state index in [-0.39, 0.29) is 6.42 Å². The molecule has 0 fully saturated rings. The number of aliphatic hydroxyl groups excluding tert-OH is 1. The highest BCUT2D eigenvalue weighted by atomic mass is 19.3. The number of carboxylic acid groups (broad SMARTS) is 1. The number of rotatable bonds is 5. The Kier molecular flexibility index (Phi) is 4.14. The highest BCUT2D eigenvalue weighted by molar-refractivity contribution is 5.76. The average molecular weight is 245 g/mol. The van der Waals surface area contributed by atoms with Crippen LogP contribution < -0.4 is 5.73 Å². The second-order valence-electron chi connectivity index (χ2n) is 3.73. The first-order valence-corrected chi connectivity index (χ1v) is 4.94. The molecule has 94 valence electrons. The van der Waals surface area contributed by atoms with Gasteiger partial charge in [0.1, 0.15) is 6.10 Å². The normalized spacial score (nSPS) is 15.3. The number of hydrogen-bond donors (Lipinski definition) is 3. The lowest BCUT2D eigenvalue weighted by Crippen LogP contribution is -2.52. The van der Waals surface area contributed by atoms with Crippen LogP contribution in [0.15, 0.2) is 30.3 Å². The van der Waals surface area contributed by atoms with Crippen LogP contribution in [-0.2, 0) is 11.2 Å². The molecule has 1 aromatic carbocycles. The molecule has 0 radical (unpaired) electrons. The number of halogens is 2. The Balaban J connectivity index is 2.71. The molecule has 1 aromatic rings. The van der Waals surface area contributed by atoms with E-state index in [0.29, 0.717) is 5.56 Å². The van der Waals surface area contributed by atoms with Crippen LogP contribution in [0.25, 0.3) is 0 Å². The van der Waals surface area contributed by atoms with E-state index in [1.807, 2.05) is 0 Å². The lowest BCUT2D eigenvalue weighted by molar-refractivity contribution is -0.184. The third-order valence-electron chi connectivity index (χ3n) is 2.38. The third-order valence-corrected chi connectivity index (χ3v) is 2.38. The van der Waals surface area contributed by atoms with E-state index in [1.165, 1.54) is 0 Å². The van der Waals surface area contributed by atoms with E-state index in [0.717, 1.165) is 0 Å². The van der Waals surface area contributed by atoms with Crippen molar-refractivity contribution in [3.8, 4) is 0 Å². The summed E-state index contributed by atoms with van der Waals surface area (Å²) in [6.45, 7) is 0. The fourth-order valence-electron chi connectivity index (χ4n) is 1.39. The van der Waals surface area contributed by atoms with E-state index in [4.69, 9.17) is 10.8 Å². The second-order valence-corrected chi connectivity index (χ2v) is 3.73. The summed E-state index contributed by atoms with van der Waals surface area (Å²) >= 11 is 0. The van der Waals surface area contributed by atoms with Crippen LogP contribution in [0.2, 0.25) is 0 Å². The Labute approximate surface area is 96.7 Å². The molecule has 4 nitrogen and oxygen atoms in total. The molecular formula is C11H13F2NO3. The lowest BCUT2D eigenvalue weighted by Gasteiger charge is -2.24. The molecule has 0 aliphatic heterocycles. The van der Waals surface area contributed by atoms with Crippen LogP contribution in [0.3, 0.4) is 0 Å². The second kappa shape index (κ2) is 5.20. The summed E-state index contributed by atoms with van der Waals surface area (Å²) in [7, 11) is 0. The maximum absolute atomic E-state index is 13.0. The van der Waals surface area contributed by atoms with Crippen molar-refractivity contribution in [1.82, 2.24) is 0 Å². The van der Waals surface area contributed by atoms with Gasteiger partial charge in [-0.15, -0.1) is 0 Å². The van der Waals surface area contributed by atoms with E-state index in [9.17, 15) is 18.7 Å². The number of hydrogen-bond acceptors (Lipinski definition) is 3. The number of benzene rings is 1. The Bertz CT molecular complexity index is 384. The van der Waals surface area contributed by atoms with Gasteiger partial charge in [-0.3, -0.25) is 0 Å². The molecule has 0 amide bonds. The number of carboxylic acids is 1. The van der Waals surface area contributed by atoms with E-state index < -0.39 is 24.0 Å². The van der Waals surface area contributed by atoms with E-state index in [1.54, 1.807) is 30.3 Å². The van der Waals surface area contributed by atoms with Gasteiger partial charge in [-0.2, -0.15) is 8.78 Å². The van der Waals surface area contributed by atoms with Gasteiger partial charge in [0.2, 0.25) is 0 Å². The Morgan fingerprint density at radius 3 is 2.35 bits per heavy atom. The fourth-order valence-corrected chi connectivity index (χ4v) is 1.39. The molecule has 0 aromatic heterocycles. The number of aliphatic carboxylic acids is 1. The van der Waals surface area contributed by atoms with Crippen LogP contribution in [-0.4, -0.2) is 34.3 Å². The maximum Gasteiger partial charge on any atom is 0.377 e. The quantitative estimate of drug-likeness (QED) is 0.710. The van der Waals surface area contributed by atoms with Crippen molar-refractivity contribution < 1.29 is 23.8 Å². The molecule has 2 atom stereocenters. The summed E-state index contributed by atoms with van der Waals surface area (Å²) in [5.41, 5.74) is 6.03. The van der Waals surface area contributed by atoms with Crippen molar-refractivity contribution in [3.63, 3.8) is 0 Å². The maximum atomic E-state index is 13.0. The minimum atomic E-state index is -4.24. The number of aliphatic hydroxyl groups is 1. The molecule has 4 N–H and O–H groups in total. The summed E-state index contributed by atoms with van der Waals surface area (Å²) in [6, 6.07) is 7.12. The number of alkyl halides is 2. The molecule has 0 saturated heterocycles. The Morgan fingerprint density at radius 2 is 1.88 bits per heavy atom. The summed E-state index contributed by atoms with van der Waals surface area (Å²) in [6.07, 6.45) is -2.44. The average Bonchev–Trinajstić information content (AvgIpc) is 2.29. The van der Waals surface area contributed by atoms with Crippen molar-refractivity contribution in [1.29, 1.82) is 0 Å². The molecule has 17 heavy (non-hydrogen) atoms. The third kappa shape index (κ3) is 3.21. The highest BCUT2D eigenvalue weighted by Crippen LogP contribution is 2.22. The Hall–Kier alpha value is -1.53. The van der Waals surface area contributed by atoms with Gasteiger partial charge in [-0.05, 0) is 12.0 Å². The molecule has 0 saturated carbocycles. The topological polar surface area (TPSA) is 83.5 Å². The molecule has 6 heteroatoms. The predicted molar refractivity (Wildman–Crippen MR) is 56.7 cm³/mol. The van der Waals surface area contributed by atoms with Gasteiger partial charge >= 0.3 is 11.9 Å². The van der Waals surface area contributed by atoms with Crippen molar-refractivity contribution >= 4 is 5.97 Å². The summed E-state index contributed by atoms with van der Waals surface area (Å²) in [5.74, 6) is -6.62. The van der Waals surface area contributed by atoms with Crippen molar-refractivity contribution in [2.24, 2.45) is 5.73 Å². The first-order valence-electron chi connectivity index (χ1n) is 4.94. The van der Waals surface area contributed by atoms with Crippen LogP contribution in [0.5, 0.6) is 0 Å². The first-order chi connectivity index (χ1) is 7.85. The molecule has 0 spiro atoms. The zero-order valence-corrected chi connectivity index (χ0v) is 8.88. The molecule has 0 aliphatic carbocycles. The van der Waals surface area contributed by atoms with E-state index in [2.05, 4.69) is 0 Å². The van der Waals surface area contributed by atoms with Gasteiger partial charge < -0.3 is 15.9 Å². The Morgan fingerprint density at radius 1 is 1.35 bits per heavy atom. The smallest absolute Gasteiger partial charge is 0.377 e. The van der Waals surface area contributed by atoms with Crippen LogP contribution >= 0.6 is 0 Å². The van der Waals surface area contributed by atoms with Crippen molar-refractivity contribution in [2.45, 2.75) is 24.5 Å². The monoisotopic (exact) mass is 245 g/mol. The van der Waals surface area contributed by atoms with Crippen LogP contribution in [0, 0.1) is 0 Å². The van der Waals surface area contributed by atoms with Gasteiger partial charge in [0.05, 0.1) is 0 Å². The SMILES string of the molecule is NC(Cc1ccccc1)C(O)C(F)(F)C(=O)O. The standard InChI is InChI=1S/C11H13F2NO3/c12-11(13,10(16)17)9(15)8(14)6-7-4-2-1-3-5-7/h1-5,8-9,15H,6,14H2,(H,16,17). The summed E-state index contributed by atoms with van der Waals surface area (Å²) in [5, 5.41) is 17.5. The molecule has 1 rings (SSSR count). The molecular weight excluding hydrogens is 232 g/mol. The summed E-state index contributed by atoms with van der Waals surface area (Å²) in [4.78, 5) is 10.3. The summed E-state index contributed by atoms with van der Waals surface area (Å²) < 4.78 is 25.9. The minimum absolute atomic E-state index is 0.0229. The largest absolute Gasteiger partial charge is 0.477 e. The highest BCUT2D eigenvalue weighted by Gasteiger charge is 2.49. The fraction of sp³-hybridized carbons (Fsp3) is 0.364. The molecule has 0 bridgehead atoms. The van der Waals surface area contributed by atoms with Gasteiger partial charge in [-0.1, -0.05) is 30.3 Å². The van der Waals surface area contributed by atoms with Gasteiger partial charge in [-0.25, -0.2) is 4.79 Å². The zero-order chi connectivity index (χ0) is 13.1. The van der Waals surface area contributed by atoms with Crippen LogP contribution in [0.1, 0.15) is 5.56 Å². The van der Waals surface area contributed by atoms with Gasteiger partial charge in [0, 0.05) is 6.04 Å². The first kappa shape index (κ1) is 13.5. The number of nitrogens with two attached hydrogens (primary N) is 1. The van der Waals surface area contributed by atoms with Crippen molar-refractivity contribution in [2.75, 3.05) is 0 Å². The van der Waals surface area contributed by atoms with E-state index >= 15 is 0 Å². The lowest BCUT2D eigenvalue weighted by atomic mass is 9.98. The minimum Gasteiger partial charge on any atom is -0.477 e. The molecule has 0 heterocycles. The van der Waals surface area contributed by atoms with Crippen molar-refractivity contribution in [3.05, 3.63) is 35.9 Å².